The highest BCUT2D eigenvalue weighted by atomic mass is 16.9. The van der Waals surface area contributed by atoms with Gasteiger partial charge in [-0.1, -0.05) is 0 Å². The van der Waals surface area contributed by atoms with Crippen LogP contribution in [0.4, 0.5) is 0 Å². The summed E-state index contributed by atoms with van der Waals surface area (Å²) in [6.07, 6.45) is 0. The average molecular weight is 363 g/mol. The third-order valence-electron chi connectivity index (χ3n) is 0.167. The zero-order chi connectivity index (χ0) is 21.3. The van der Waals surface area contributed by atoms with Crippen molar-refractivity contribution in [3.63, 3.8) is 0 Å². The van der Waals surface area contributed by atoms with E-state index in [2.05, 4.69) is 0 Å². The van der Waals surface area contributed by atoms with E-state index < -0.39 is 29.0 Å². The second-order valence-electron chi connectivity index (χ2n) is 2.89. The van der Waals surface area contributed by atoms with E-state index in [9.17, 15) is 0 Å². The van der Waals surface area contributed by atoms with Gasteiger partial charge in [-0.15, -0.1) is 10.1 Å². The molecular formula is C10H25N3O11. The highest BCUT2D eigenvalue weighted by Gasteiger charge is 1.67. The minimum Gasteiger partial charge on any atom is -0.481 e. The molecule has 0 unspecified atom stereocenters. The maximum absolute atomic E-state index is 9.00. The Morgan fingerprint density at radius 1 is 0.750 bits per heavy atom. The summed E-state index contributed by atoms with van der Waals surface area (Å²) in [5.74, 6) is -3.33. The Bertz CT molecular complexity index is 242. The van der Waals surface area contributed by atoms with E-state index in [-0.39, 0.29) is 0 Å². The van der Waals surface area contributed by atoms with Crippen LogP contribution >= 0.6 is 0 Å². The number of nitrogens with two attached hydrogens (primary N) is 2. The van der Waals surface area contributed by atoms with E-state index in [4.69, 9.17) is 66.4 Å². The first-order valence-electron chi connectivity index (χ1n) is 5.59. The van der Waals surface area contributed by atoms with Crippen LogP contribution in [0, 0.1) is 10.1 Å². The van der Waals surface area contributed by atoms with Crippen LogP contribution in [0.5, 0.6) is 0 Å². The molecule has 14 nitrogen and oxygen atoms in total. The second kappa shape index (κ2) is 36.8. The molecule has 146 valence electrons. The zero-order valence-electron chi connectivity index (χ0n) is 13.7. The van der Waals surface area contributed by atoms with E-state index in [0.717, 1.165) is 27.7 Å². The molecule has 0 aromatic rings. The average Bonchev–Trinajstić information content (AvgIpc) is 2.24. The molecule has 0 atom stereocenters. The van der Waals surface area contributed by atoms with Crippen molar-refractivity contribution >= 4 is 23.9 Å². The first-order chi connectivity index (χ1) is 10.6. The number of carbonyl (C=O) groups is 4. The van der Waals surface area contributed by atoms with Gasteiger partial charge in [-0.05, 0) is 0 Å². The predicted octanol–water partition coefficient (Wildman–Crippen LogP) is -1.08. The molecule has 0 rings (SSSR count). The number of nitrogens with zero attached hydrogens (tertiary/aromatic N) is 1. The molecule has 0 aliphatic carbocycles. The molecule has 0 spiro atoms. The van der Waals surface area contributed by atoms with Gasteiger partial charge in [0.1, 0.15) is 0 Å². The maximum atomic E-state index is 9.00. The minimum atomic E-state index is -1.50. The molecule has 14 heteroatoms. The van der Waals surface area contributed by atoms with Gasteiger partial charge in [0.25, 0.3) is 29.0 Å². The number of carboxylic acid groups (broad SMARTS) is 4. The standard InChI is InChI=1S/C2H8N2.4C2H4O2.HNO3/c3-1-2-4;4*1-2(3)4;2-1(3)4/h1-4H2;4*1H3,(H,3,4);(H,2,3,4). The molecule has 0 amide bonds. The second-order valence-corrected chi connectivity index (χ2v) is 2.89. The molecule has 24 heavy (non-hydrogen) atoms. The molecule has 0 aliphatic rings. The molecule has 0 aromatic carbocycles. The molecule has 0 heterocycles. The predicted molar refractivity (Wildman–Crippen MR) is 80.1 cm³/mol. The lowest BCUT2D eigenvalue weighted by Crippen LogP contribution is -2.11. The van der Waals surface area contributed by atoms with Crippen LogP contribution in [-0.4, -0.2) is 67.7 Å². The fourth-order valence-electron chi connectivity index (χ4n) is 0. The highest BCUT2D eigenvalue weighted by molar-refractivity contribution is 5.63. The van der Waals surface area contributed by atoms with Crippen molar-refractivity contribution in [1.82, 2.24) is 0 Å². The third kappa shape index (κ3) is 1540. The van der Waals surface area contributed by atoms with Gasteiger partial charge in [-0.25, -0.2) is 0 Å². The summed E-state index contributed by atoms with van der Waals surface area (Å²) in [5, 5.41) is 43.3. The molecule has 0 aromatic heterocycles. The van der Waals surface area contributed by atoms with Gasteiger partial charge in [-0.3, -0.25) is 19.2 Å². The number of aliphatic carboxylic acids is 4. The van der Waals surface area contributed by atoms with E-state index in [1.165, 1.54) is 0 Å². The normalized spacial score (nSPS) is 6.42. The summed E-state index contributed by atoms with van der Waals surface area (Å²) in [4.78, 5) is 44.4. The number of hydrogen-bond acceptors (Lipinski definition) is 8. The Morgan fingerprint density at radius 3 is 0.792 bits per heavy atom. The zero-order valence-corrected chi connectivity index (χ0v) is 13.7. The van der Waals surface area contributed by atoms with E-state index in [1.54, 1.807) is 0 Å². The molecule has 9 N–H and O–H groups in total. The Balaban J connectivity index is -0.0000000405. The van der Waals surface area contributed by atoms with Crippen molar-refractivity contribution in [3.05, 3.63) is 10.1 Å². The van der Waals surface area contributed by atoms with Gasteiger partial charge in [0.15, 0.2) is 0 Å². The fourth-order valence-corrected chi connectivity index (χ4v) is 0. The molecule has 0 saturated heterocycles. The van der Waals surface area contributed by atoms with E-state index >= 15 is 0 Å². The van der Waals surface area contributed by atoms with Crippen molar-refractivity contribution in [2.75, 3.05) is 13.1 Å². The van der Waals surface area contributed by atoms with E-state index in [1.807, 2.05) is 0 Å². The monoisotopic (exact) mass is 363 g/mol. The van der Waals surface area contributed by atoms with Gasteiger partial charge < -0.3 is 37.1 Å². The molecule has 0 fully saturated rings. The van der Waals surface area contributed by atoms with Gasteiger partial charge in [-0.2, -0.15) is 0 Å². The van der Waals surface area contributed by atoms with Crippen LogP contribution in [-0.2, 0) is 19.2 Å². The molecule has 0 bridgehead atoms. The Morgan fingerprint density at radius 2 is 0.792 bits per heavy atom. The van der Waals surface area contributed by atoms with Crippen LogP contribution in [0.3, 0.4) is 0 Å². The molecular weight excluding hydrogens is 338 g/mol. The summed E-state index contributed by atoms with van der Waals surface area (Å²) in [5.41, 5.74) is 9.81. The van der Waals surface area contributed by atoms with Crippen molar-refractivity contribution in [2.24, 2.45) is 11.5 Å². The quantitative estimate of drug-likeness (QED) is 0.216. The third-order valence-corrected chi connectivity index (χ3v) is 0.167. The smallest absolute Gasteiger partial charge is 0.300 e. The van der Waals surface area contributed by atoms with Crippen molar-refractivity contribution < 1.29 is 49.9 Å². The van der Waals surface area contributed by atoms with Crippen LogP contribution in [0.2, 0.25) is 0 Å². The SMILES string of the molecule is CC(=O)O.CC(=O)O.CC(=O)O.CC(=O)O.NCCN.O=[N+]([O-])O. The summed E-state index contributed by atoms with van der Waals surface area (Å²) in [6.45, 7) is 5.53. The van der Waals surface area contributed by atoms with E-state index in [0.29, 0.717) is 13.1 Å². The Labute approximate surface area is 137 Å². The lowest BCUT2D eigenvalue weighted by Gasteiger charge is -1.72. The Hall–Kier alpha value is -3.00. The van der Waals surface area contributed by atoms with Crippen molar-refractivity contribution in [3.8, 4) is 0 Å². The number of hydrogen-bond donors (Lipinski definition) is 7. The van der Waals surface area contributed by atoms with Gasteiger partial charge in [0.05, 0.1) is 0 Å². The Kier molecular flexibility index (Phi) is 57.3. The molecule has 0 aliphatic heterocycles. The topological polar surface area (TPSA) is 265 Å². The van der Waals surface area contributed by atoms with Crippen molar-refractivity contribution in [2.45, 2.75) is 27.7 Å². The summed E-state index contributed by atoms with van der Waals surface area (Å²) >= 11 is 0. The fraction of sp³-hybridized carbons (Fsp3) is 0.600. The van der Waals surface area contributed by atoms with Crippen molar-refractivity contribution in [1.29, 1.82) is 0 Å². The minimum absolute atomic E-state index is 0.597. The lowest BCUT2D eigenvalue weighted by molar-refractivity contribution is -0.742. The van der Waals surface area contributed by atoms with Gasteiger partial charge in [0.2, 0.25) is 0 Å². The molecule has 0 radical (unpaired) electrons. The van der Waals surface area contributed by atoms with Crippen LogP contribution < -0.4 is 11.5 Å². The van der Waals surface area contributed by atoms with Crippen LogP contribution in [0.15, 0.2) is 0 Å². The van der Waals surface area contributed by atoms with Gasteiger partial charge in [0, 0.05) is 40.8 Å². The largest absolute Gasteiger partial charge is 0.481 e. The molecule has 0 saturated carbocycles. The number of rotatable bonds is 1. The maximum Gasteiger partial charge on any atom is 0.300 e. The van der Waals surface area contributed by atoms with Crippen LogP contribution in [0.1, 0.15) is 27.7 Å². The number of carboxylic acids is 4. The lowest BCUT2D eigenvalue weighted by atomic mass is 10.7. The highest BCUT2D eigenvalue weighted by Crippen LogP contribution is 1.43. The summed E-state index contributed by atoms with van der Waals surface area (Å²) in [6, 6.07) is 0. The summed E-state index contributed by atoms with van der Waals surface area (Å²) in [7, 11) is 0. The first-order valence-corrected chi connectivity index (χ1v) is 5.59. The summed E-state index contributed by atoms with van der Waals surface area (Å²) < 4.78 is 0. The van der Waals surface area contributed by atoms with Crippen LogP contribution in [0.25, 0.3) is 0 Å². The van der Waals surface area contributed by atoms with Gasteiger partial charge >= 0.3 is 0 Å². The first kappa shape index (κ1) is 37.3.